The quantitative estimate of drug-likeness (QED) is 0.751. The van der Waals surface area contributed by atoms with E-state index in [0.29, 0.717) is 5.56 Å². The van der Waals surface area contributed by atoms with Gasteiger partial charge in [0.2, 0.25) is 0 Å². The monoisotopic (exact) mass is 246 g/mol. The van der Waals surface area contributed by atoms with Crippen molar-refractivity contribution in [2.24, 2.45) is 0 Å². The molecular weight excluding hydrogens is 227 g/mol. The molecule has 0 aliphatic carbocycles. The molecule has 2 heteroatoms. The van der Waals surface area contributed by atoms with Crippen molar-refractivity contribution in [3.05, 3.63) is 41.5 Å². The number of rotatable bonds is 2. The smallest absolute Gasteiger partial charge is 0.123 e. The van der Waals surface area contributed by atoms with Crippen LogP contribution in [0.4, 0.5) is 4.39 Å². The number of methoxy groups -OCH3 is 1. The maximum atomic E-state index is 13.1. The van der Waals surface area contributed by atoms with Gasteiger partial charge in [-0.15, -0.1) is 0 Å². The van der Waals surface area contributed by atoms with Crippen LogP contribution in [0.15, 0.2) is 30.3 Å². The molecule has 0 saturated carbocycles. The molecule has 2 aromatic rings. The molecule has 18 heavy (non-hydrogen) atoms. The lowest BCUT2D eigenvalue weighted by molar-refractivity contribution is 0.397. The molecule has 0 unspecified atom stereocenters. The Balaban J connectivity index is 2.90. The van der Waals surface area contributed by atoms with Gasteiger partial charge in [0.25, 0.3) is 0 Å². The lowest BCUT2D eigenvalue weighted by Crippen LogP contribution is -2.14. The Morgan fingerprint density at radius 2 is 1.72 bits per heavy atom. The first kappa shape index (κ1) is 12.9. The molecule has 0 saturated heterocycles. The number of alkyl halides is 1. The van der Waals surface area contributed by atoms with Crippen LogP contribution in [0.25, 0.3) is 10.8 Å². The molecule has 0 aromatic heterocycles. The zero-order valence-electron chi connectivity index (χ0n) is 11.4. The van der Waals surface area contributed by atoms with Crippen LogP contribution < -0.4 is 4.74 Å². The average Bonchev–Trinajstić information content (AvgIpc) is 2.35. The van der Waals surface area contributed by atoms with E-state index >= 15 is 0 Å². The van der Waals surface area contributed by atoms with Gasteiger partial charge in [0.15, 0.2) is 0 Å². The summed E-state index contributed by atoms with van der Waals surface area (Å²) in [5, 5.41) is 2.06. The van der Waals surface area contributed by atoms with Crippen molar-refractivity contribution in [1.29, 1.82) is 0 Å². The molecule has 0 aliphatic heterocycles. The molecule has 96 valence electrons. The van der Waals surface area contributed by atoms with Gasteiger partial charge >= 0.3 is 0 Å². The molecule has 0 fully saturated rings. The predicted molar refractivity (Wildman–Crippen MR) is 74.0 cm³/mol. The summed E-state index contributed by atoms with van der Waals surface area (Å²) in [4.78, 5) is 0. The largest absolute Gasteiger partial charge is 0.496 e. The fourth-order valence-electron chi connectivity index (χ4n) is 2.47. The van der Waals surface area contributed by atoms with Crippen LogP contribution in [-0.4, -0.2) is 7.11 Å². The highest BCUT2D eigenvalue weighted by molar-refractivity contribution is 5.91. The molecule has 2 rings (SSSR count). The van der Waals surface area contributed by atoms with Crippen molar-refractivity contribution in [2.45, 2.75) is 32.9 Å². The van der Waals surface area contributed by atoms with Gasteiger partial charge in [-0.2, -0.15) is 0 Å². The van der Waals surface area contributed by atoms with E-state index in [1.54, 1.807) is 7.11 Å². The summed E-state index contributed by atoms with van der Waals surface area (Å²) in [7, 11) is 1.64. The van der Waals surface area contributed by atoms with Crippen LogP contribution in [0.3, 0.4) is 0 Å². The van der Waals surface area contributed by atoms with Crippen molar-refractivity contribution < 1.29 is 9.13 Å². The Morgan fingerprint density at radius 1 is 1.11 bits per heavy atom. The predicted octanol–water partition coefficient (Wildman–Crippen LogP) is 4.62. The summed E-state index contributed by atoms with van der Waals surface area (Å²) in [6.45, 7) is 5.96. The second-order valence-electron chi connectivity index (χ2n) is 5.54. The summed E-state index contributed by atoms with van der Waals surface area (Å²) in [5.41, 5.74) is 1.79. The van der Waals surface area contributed by atoms with Gasteiger partial charge in [-0.1, -0.05) is 45.0 Å². The lowest BCUT2D eigenvalue weighted by atomic mass is 9.82. The molecule has 0 heterocycles. The third-order valence-electron chi connectivity index (χ3n) is 3.21. The number of hydrogen-bond acceptors (Lipinski definition) is 1. The fourth-order valence-corrected chi connectivity index (χ4v) is 2.47. The molecule has 0 N–H and O–H groups in total. The molecule has 0 radical (unpaired) electrons. The number of ether oxygens (including phenoxy) is 1. The molecular formula is C16H19FO. The van der Waals surface area contributed by atoms with Gasteiger partial charge in [0.05, 0.1) is 7.11 Å². The van der Waals surface area contributed by atoms with Gasteiger partial charge in [-0.3, -0.25) is 0 Å². The Kier molecular flexibility index (Phi) is 3.29. The summed E-state index contributed by atoms with van der Waals surface area (Å²) < 4.78 is 18.6. The molecule has 0 atom stereocenters. The maximum Gasteiger partial charge on any atom is 0.123 e. The van der Waals surface area contributed by atoms with E-state index in [-0.39, 0.29) is 5.41 Å². The number of benzene rings is 2. The van der Waals surface area contributed by atoms with Crippen LogP contribution in [0.1, 0.15) is 31.9 Å². The van der Waals surface area contributed by atoms with E-state index in [9.17, 15) is 4.39 Å². The van der Waals surface area contributed by atoms with Gasteiger partial charge in [0.1, 0.15) is 12.4 Å². The van der Waals surface area contributed by atoms with E-state index in [2.05, 4.69) is 20.8 Å². The second-order valence-corrected chi connectivity index (χ2v) is 5.54. The van der Waals surface area contributed by atoms with E-state index in [4.69, 9.17) is 4.74 Å². The molecule has 0 amide bonds. The Morgan fingerprint density at radius 3 is 2.22 bits per heavy atom. The molecule has 0 spiro atoms. The van der Waals surface area contributed by atoms with Crippen LogP contribution >= 0.6 is 0 Å². The average molecular weight is 246 g/mol. The van der Waals surface area contributed by atoms with E-state index in [0.717, 1.165) is 22.1 Å². The molecule has 0 aliphatic rings. The van der Waals surface area contributed by atoms with Crippen molar-refractivity contribution in [3.63, 3.8) is 0 Å². The number of hydrogen-bond donors (Lipinski definition) is 0. The summed E-state index contributed by atoms with van der Waals surface area (Å²) in [6, 6.07) is 9.76. The first-order valence-electron chi connectivity index (χ1n) is 6.14. The minimum absolute atomic E-state index is 0.0419. The topological polar surface area (TPSA) is 9.23 Å². The van der Waals surface area contributed by atoms with Crippen LogP contribution in [0.2, 0.25) is 0 Å². The highest BCUT2D eigenvalue weighted by Gasteiger charge is 2.23. The standard InChI is InChI=1S/C16H19FO/c1-16(2,3)15-13-8-6-5-7-12(13)11(10-17)9-14(15)18-4/h5-9H,10H2,1-4H3. The molecule has 1 nitrogen and oxygen atoms in total. The first-order chi connectivity index (χ1) is 8.49. The van der Waals surface area contributed by atoms with E-state index < -0.39 is 6.67 Å². The molecule has 0 bridgehead atoms. The normalized spacial score (nSPS) is 11.8. The van der Waals surface area contributed by atoms with Crippen molar-refractivity contribution in [1.82, 2.24) is 0 Å². The Labute approximate surface area is 108 Å². The number of halogens is 1. The van der Waals surface area contributed by atoms with Crippen LogP contribution in [0, 0.1) is 0 Å². The zero-order chi connectivity index (χ0) is 13.3. The van der Waals surface area contributed by atoms with Crippen molar-refractivity contribution in [3.8, 4) is 5.75 Å². The first-order valence-corrected chi connectivity index (χ1v) is 6.14. The highest BCUT2D eigenvalue weighted by Crippen LogP contribution is 2.39. The Bertz CT molecular complexity index is 567. The second kappa shape index (κ2) is 4.60. The van der Waals surface area contributed by atoms with Crippen LogP contribution in [0.5, 0.6) is 5.75 Å². The summed E-state index contributed by atoms with van der Waals surface area (Å²) >= 11 is 0. The third kappa shape index (κ3) is 2.07. The van der Waals surface area contributed by atoms with Gasteiger partial charge in [-0.25, -0.2) is 4.39 Å². The Hall–Kier alpha value is -1.57. The molecule has 2 aromatic carbocycles. The SMILES string of the molecule is COc1cc(CF)c2ccccc2c1C(C)(C)C. The van der Waals surface area contributed by atoms with Gasteiger partial charge < -0.3 is 4.74 Å². The van der Waals surface area contributed by atoms with Crippen molar-refractivity contribution in [2.75, 3.05) is 7.11 Å². The van der Waals surface area contributed by atoms with Crippen LogP contribution in [-0.2, 0) is 12.1 Å². The third-order valence-corrected chi connectivity index (χ3v) is 3.21. The fraction of sp³-hybridized carbons (Fsp3) is 0.375. The highest BCUT2D eigenvalue weighted by atomic mass is 19.1. The maximum absolute atomic E-state index is 13.1. The van der Waals surface area contributed by atoms with Crippen molar-refractivity contribution >= 4 is 10.8 Å². The van der Waals surface area contributed by atoms with E-state index in [1.807, 2.05) is 30.3 Å². The minimum atomic E-state index is -0.471. The van der Waals surface area contributed by atoms with Gasteiger partial charge in [0, 0.05) is 5.56 Å². The van der Waals surface area contributed by atoms with E-state index in [1.165, 1.54) is 0 Å². The lowest BCUT2D eigenvalue weighted by Gasteiger charge is -2.25. The summed E-state index contributed by atoms with van der Waals surface area (Å²) in [5.74, 6) is 0.772. The van der Waals surface area contributed by atoms with Gasteiger partial charge in [-0.05, 0) is 27.8 Å². The minimum Gasteiger partial charge on any atom is -0.496 e. The zero-order valence-corrected chi connectivity index (χ0v) is 11.4. The summed E-state index contributed by atoms with van der Waals surface area (Å²) in [6.07, 6.45) is 0. The number of fused-ring (bicyclic) bond motifs is 1.